The monoisotopic (exact) mass is 250 g/mol. The lowest BCUT2D eigenvalue weighted by Crippen LogP contribution is -2.41. The molecule has 0 radical (unpaired) electrons. The summed E-state index contributed by atoms with van der Waals surface area (Å²) < 4.78 is 0. The van der Waals surface area contributed by atoms with Crippen LogP contribution in [0.25, 0.3) is 0 Å². The van der Waals surface area contributed by atoms with E-state index >= 15 is 0 Å². The Morgan fingerprint density at radius 1 is 1.33 bits per heavy atom. The molecule has 2 atom stereocenters. The van der Waals surface area contributed by atoms with Gasteiger partial charge in [0.05, 0.1) is 0 Å². The highest BCUT2D eigenvalue weighted by Crippen LogP contribution is 2.23. The van der Waals surface area contributed by atoms with Crippen molar-refractivity contribution < 1.29 is 0 Å². The maximum Gasteiger partial charge on any atom is 0.133 e. The molecule has 0 aliphatic carbocycles. The van der Waals surface area contributed by atoms with Gasteiger partial charge in [-0.05, 0) is 40.9 Å². The van der Waals surface area contributed by atoms with Gasteiger partial charge in [0, 0.05) is 36.9 Å². The van der Waals surface area contributed by atoms with Crippen molar-refractivity contribution in [3.8, 4) is 0 Å². The van der Waals surface area contributed by atoms with Crippen LogP contribution in [0.15, 0.2) is 18.3 Å². The summed E-state index contributed by atoms with van der Waals surface area (Å²) in [7, 11) is 4.18. The molecule has 2 N–H and O–H groups in total. The molecule has 1 heterocycles. The van der Waals surface area contributed by atoms with E-state index in [0.29, 0.717) is 6.04 Å². The van der Waals surface area contributed by atoms with E-state index in [0.717, 1.165) is 24.5 Å². The molecule has 1 rings (SSSR count). The fourth-order valence-corrected chi connectivity index (χ4v) is 2.30. The molecule has 0 aliphatic heterocycles. The summed E-state index contributed by atoms with van der Waals surface area (Å²) in [5.74, 6) is 1.02. The van der Waals surface area contributed by atoms with Crippen molar-refractivity contribution in [2.24, 2.45) is 5.73 Å². The number of anilines is 1. The SMILES string of the molecule is CCN(c1ncccc1[C@H](C)N)C(C)CN(C)C. The van der Waals surface area contributed by atoms with E-state index in [1.165, 1.54) is 0 Å². The van der Waals surface area contributed by atoms with E-state index in [2.05, 4.69) is 48.8 Å². The molecule has 0 saturated heterocycles. The van der Waals surface area contributed by atoms with Gasteiger partial charge in [-0.2, -0.15) is 0 Å². The first-order valence-electron chi connectivity index (χ1n) is 6.59. The van der Waals surface area contributed by atoms with Gasteiger partial charge < -0.3 is 15.5 Å². The minimum Gasteiger partial charge on any atom is -0.353 e. The van der Waals surface area contributed by atoms with Crippen molar-refractivity contribution in [3.05, 3.63) is 23.9 Å². The number of nitrogens with two attached hydrogens (primary N) is 1. The van der Waals surface area contributed by atoms with Gasteiger partial charge in [-0.25, -0.2) is 4.98 Å². The number of aromatic nitrogens is 1. The van der Waals surface area contributed by atoms with Crippen LogP contribution >= 0.6 is 0 Å². The number of likely N-dealkylation sites (N-methyl/N-ethyl adjacent to an activating group) is 2. The zero-order valence-corrected chi connectivity index (χ0v) is 12.2. The maximum atomic E-state index is 6.03. The van der Waals surface area contributed by atoms with Crippen LogP contribution in [-0.4, -0.2) is 43.1 Å². The Morgan fingerprint density at radius 2 is 2.00 bits per heavy atom. The molecule has 0 aromatic carbocycles. The van der Waals surface area contributed by atoms with E-state index in [9.17, 15) is 0 Å². The van der Waals surface area contributed by atoms with Crippen LogP contribution in [0.4, 0.5) is 5.82 Å². The Morgan fingerprint density at radius 3 is 2.50 bits per heavy atom. The van der Waals surface area contributed by atoms with E-state index in [1.807, 2.05) is 19.2 Å². The van der Waals surface area contributed by atoms with Crippen molar-refractivity contribution in [3.63, 3.8) is 0 Å². The van der Waals surface area contributed by atoms with Crippen LogP contribution in [0.5, 0.6) is 0 Å². The summed E-state index contributed by atoms with van der Waals surface area (Å²) in [6, 6.07) is 4.44. The van der Waals surface area contributed by atoms with Crippen molar-refractivity contribution in [2.45, 2.75) is 32.9 Å². The molecule has 0 aliphatic rings. The molecule has 1 aromatic heterocycles. The second-order valence-electron chi connectivity index (χ2n) is 5.10. The fraction of sp³-hybridized carbons (Fsp3) is 0.643. The quantitative estimate of drug-likeness (QED) is 0.837. The van der Waals surface area contributed by atoms with E-state index in [-0.39, 0.29) is 6.04 Å². The molecule has 1 aromatic rings. The van der Waals surface area contributed by atoms with Gasteiger partial charge in [-0.1, -0.05) is 6.07 Å². The highest BCUT2D eigenvalue weighted by atomic mass is 15.2. The topological polar surface area (TPSA) is 45.4 Å². The molecule has 4 nitrogen and oxygen atoms in total. The van der Waals surface area contributed by atoms with Crippen LogP contribution in [0, 0.1) is 0 Å². The average molecular weight is 250 g/mol. The Hall–Kier alpha value is -1.13. The second kappa shape index (κ2) is 6.71. The standard InChI is InChI=1S/C14H26N4/c1-6-18(11(2)10-17(4)5)14-13(12(3)15)8-7-9-16-14/h7-9,11-12H,6,10,15H2,1-5H3/t11?,12-/m0/s1. The summed E-state index contributed by atoms with van der Waals surface area (Å²) in [4.78, 5) is 9.04. The fourth-order valence-electron chi connectivity index (χ4n) is 2.30. The smallest absolute Gasteiger partial charge is 0.133 e. The molecule has 0 saturated carbocycles. The third kappa shape index (κ3) is 3.68. The average Bonchev–Trinajstić information content (AvgIpc) is 2.29. The summed E-state index contributed by atoms with van der Waals surface area (Å²) >= 11 is 0. The highest BCUT2D eigenvalue weighted by molar-refractivity contribution is 5.49. The first kappa shape index (κ1) is 14.9. The molecule has 0 fully saturated rings. The van der Waals surface area contributed by atoms with Gasteiger partial charge in [0.2, 0.25) is 0 Å². The first-order valence-corrected chi connectivity index (χ1v) is 6.59. The lowest BCUT2D eigenvalue weighted by atomic mass is 10.1. The Bertz CT molecular complexity index is 363. The first-order chi connectivity index (χ1) is 8.47. The zero-order chi connectivity index (χ0) is 13.7. The Kier molecular flexibility index (Phi) is 5.56. The van der Waals surface area contributed by atoms with Crippen LogP contribution in [0.3, 0.4) is 0 Å². The van der Waals surface area contributed by atoms with Crippen molar-refractivity contribution in [2.75, 3.05) is 32.1 Å². The third-order valence-electron chi connectivity index (χ3n) is 3.08. The predicted molar refractivity (Wildman–Crippen MR) is 77.9 cm³/mol. The number of nitrogens with zero attached hydrogens (tertiary/aromatic N) is 3. The minimum atomic E-state index is 0.00862. The van der Waals surface area contributed by atoms with Crippen LogP contribution < -0.4 is 10.6 Å². The predicted octanol–water partition coefficient (Wildman–Crippen LogP) is 1.88. The highest BCUT2D eigenvalue weighted by Gasteiger charge is 2.19. The number of pyridine rings is 1. The van der Waals surface area contributed by atoms with Gasteiger partial charge in [0.15, 0.2) is 0 Å². The second-order valence-corrected chi connectivity index (χ2v) is 5.10. The van der Waals surface area contributed by atoms with E-state index < -0.39 is 0 Å². The molecule has 0 bridgehead atoms. The summed E-state index contributed by atoms with van der Waals surface area (Å²) in [5.41, 5.74) is 7.15. The van der Waals surface area contributed by atoms with Crippen molar-refractivity contribution in [1.82, 2.24) is 9.88 Å². The molecular weight excluding hydrogens is 224 g/mol. The summed E-state index contributed by atoms with van der Waals surface area (Å²) in [6.07, 6.45) is 1.84. The van der Waals surface area contributed by atoms with Gasteiger partial charge in [0.1, 0.15) is 5.82 Å². The molecule has 102 valence electrons. The zero-order valence-electron chi connectivity index (χ0n) is 12.2. The van der Waals surface area contributed by atoms with Crippen LogP contribution in [0.2, 0.25) is 0 Å². The third-order valence-corrected chi connectivity index (χ3v) is 3.08. The van der Waals surface area contributed by atoms with Crippen LogP contribution in [-0.2, 0) is 0 Å². The van der Waals surface area contributed by atoms with Gasteiger partial charge in [0.25, 0.3) is 0 Å². The maximum absolute atomic E-state index is 6.03. The Labute approximate surface area is 111 Å². The van der Waals surface area contributed by atoms with E-state index in [1.54, 1.807) is 0 Å². The van der Waals surface area contributed by atoms with E-state index in [4.69, 9.17) is 5.73 Å². The minimum absolute atomic E-state index is 0.00862. The molecule has 1 unspecified atom stereocenters. The summed E-state index contributed by atoms with van der Waals surface area (Å²) in [5, 5.41) is 0. The number of rotatable bonds is 6. The lowest BCUT2D eigenvalue weighted by Gasteiger charge is -2.33. The summed E-state index contributed by atoms with van der Waals surface area (Å²) in [6.45, 7) is 8.33. The molecule has 4 heteroatoms. The van der Waals surface area contributed by atoms with Crippen molar-refractivity contribution >= 4 is 5.82 Å². The number of hydrogen-bond donors (Lipinski definition) is 1. The van der Waals surface area contributed by atoms with Gasteiger partial charge >= 0.3 is 0 Å². The molecule has 18 heavy (non-hydrogen) atoms. The van der Waals surface area contributed by atoms with Gasteiger partial charge in [-0.15, -0.1) is 0 Å². The Balaban J connectivity index is 3.01. The lowest BCUT2D eigenvalue weighted by molar-refractivity contribution is 0.372. The van der Waals surface area contributed by atoms with Crippen LogP contribution in [0.1, 0.15) is 32.4 Å². The normalized spacial score (nSPS) is 14.6. The largest absolute Gasteiger partial charge is 0.353 e. The van der Waals surface area contributed by atoms with Gasteiger partial charge in [-0.3, -0.25) is 0 Å². The molecular formula is C14H26N4. The van der Waals surface area contributed by atoms with Crippen molar-refractivity contribution in [1.29, 1.82) is 0 Å². The number of hydrogen-bond acceptors (Lipinski definition) is 4. The molecule has 0 spiro atoms. The molecule has 0 amide bonds.